The summed E-state index contributed by atoms with van der Waals surface area (Å²) in [5.41, 5.74) is 12.8. The molecule has 0 aliphatic rings. The van der Waals surface area contributed by atoms with E-state index in [2.05, 4.69) is 219 Å². The first kappa shape index (κ1) is 41.6. The molecule has 0 radical (unpaired) electrons. The first-order valence-electron chi connectivity index (χ1n) is 24.7. The van der Waals surface area contributed by atoms with Crippen molar-refractivity contribution in [2.24, 2.45) is 0 Å². The summed E-state index contributed by atoms with van der Waals surface area (Å²) in [6.45, 7) is 9.00. The van der Waals surface area contributed by atoms with Crippen LogP contribution in [0.25, 0.3) is 96.4 Å². The Bertz CT molecular complexity index is 4420. The Morgan fingerprint density at radius 3 is 1.17 bits per heavy atom. The van der Waals surface area contributed by atoms with Crippen molar-refractivity contribution in [3.8, 4) is 0 Å². The molecule has 3 aromatic heterocycles. The van der Waals surface area contributed by atoms with Crippen molar-refractivity contribution in [2.75, 3.05) is 9.80 Å². The summed E-state index contributed by atoms with van der Waals surface area (Å²) in [4.78, 5) is 4.79. The van der Waals surface area contributed by atoms with Gasteiger partial charge in [0.15, 0.2) is 0 Å². The summed E-state index contributed by atoms with van der Waals surface area (Å²) in [5.74, 6) is 0.880. The number of furan rings is 2. The topological polar surface area (TPSA) is 32.8 Å². The van der Waals surface area contributed by atoms with E-state index in [-0.39, 0.29) is 0 Å². The minimum atomic E-state index is 0.438. The third-order valence-corrected chi connectivity index (χ3v) is 15.9. The Morgan fingerprint density at radius 2 is 0.648 bits per heavy atom. The van der Waals surface area contributed by atoms with Crippen LogP contribution in [0.4, 0.5) is 34.1 Å². The van der Waals surface area contributed by atoms with E-state index in [9.17, 15) is 0 Å². The van der Waals surface area contributed by atoms with Gasteiger partial charge in [0, 0.05) is 75.8 Å². The summed E-state index contributed by atoms with van der Waals surface area (Å²) in [6.07, 6.45) is 0. The zero-order chi connectivity index (χ0) is 47.5. The normalized spacial score (nSPS) is 12.2. The Labute approximate surface area is 415 Å². The van der Waals surface area contributed by atoms with Crippen molar-refractivity contribution in [3.63, 3.8) is 0 Å². The molecule has 0 atom stereocenters. The largest absolute Gasteiger partial charge is 0.456 e. The molecule has 11 aromatic carbocycles. The zero-order valence-corrected chi connectivity index (χ0v) is 40.7. The van der Waals surface area contributed by atoms with Gasteiger partial charge in [0.25, 0.3) is 0 Å². The minimum absolute atomic E-state index is 0.438. The molecular weight excluding hydrogens is 885 g/mol. The molecule has 0 bridgehead atoms. The molecule has 0 spiro atoms. The van der Waals surface area contributed by atoms with Gasteiger partial charge in [-0.15, -0.1) is 11.3 Å². The lowest BCUT2D eigenvalue weighted by molar-refractivity contribution is 0.668. The van der Waals surface area contributed by atoms with E-state index >= 15 is 0 Å². The SMILES string of the molecule is CC(C)c1ccc(N(c2ccc3oc4ccccc4c3c2)c2ccc3sc4cc5c6ccc(N(c7ccc(C(C)C)cc7)c7ccc8oc9ccccc9c8c7)cc6c6ccccc6c5cc4c3c2)cc1. The van der Waals surface area contributed by atoms with Gasteiger partial charge < -0.3 is 18.6 Å². The molecule has 3 heterocycles. The van der Waals surface area contributed by atoms with E-state index in [4.69, 9.17) is 8.83 Å². The number of hydrogen-bond acceptors (Lipinski definition) is 5. The van der Waals surface area contributed by atoms with Crippen molar-refractivity contribution in [1.29, 1.82) is 0 Å². The second kappa shape index (κ2) is 16.1. The predicted octanol–water partition coefficient (Wildman–Crippen LogP) is 20.5. The van der Waals surface area contributed by atoms with Crippen molar-refractivity contribution >= 4 is 142 Å². The lowest BCUT2D eigenvalue weighted by Crippen LogP contribution is -2.10. The maximum absolute atomic E-state index is 6.30. The lowest BCUT2D eigenvalue weighted by atomic mass is 9.92. The van der Waals surface area contributed by atoms with Gasteiger partial charge in [-0.2, -0.15) is 0 Å². The average Bonchev–Trinajstić information content (AvgIpc) is 4.09. The van der Waals surface area contributed by atoms with Crippen molar-refractivity contribution < 1.29 is 8.83 Å². The summed E-state index contributed by atoms with van der Waals surface area (Å²) in [6, 6.07) is 75.9. The summed E-state index contributed by atoms with van der Waals surface area (Å²) in [5, 5.41) is 14.5. The highest BCUT2D eigenvalue weighted by molar-refractivity contribution is 7.25. The fourth-order valence-corrected chi connectivity index (χ4v) is 12.2. The Hall–Kier alpha value is -8.38. The van der Waals surface area contributed by atoms with Crippen LogP contribution in [0, 0.1) is 0 Å². The monoisotopic (exact) mass is 932 g/mol. The third kappa shape index (κ3) is 6.71. The van der Waals surface area contributed by atoms with Crippen LogP contribution in [-0.2, 0) is 0 Å². The van der Waals surface area contributed by atoms with Gasteiger partial charge in [-0.1, -0.05) is 119 Å². The second-order valence-electron chi connectivity index (χ2n) is 19.7. The summed E-state index contributed by atoms with van der Waals surface area (Å²) < 4.78 is 15.1. The van der Waals surface area contributed by atoms with E-state index in [1.807, 2.05) is 35.6 Å². The van der Waals surface area contributed by atoms with Crippen molar-refractivity contribution in [1.82, 2.24) is 0 Å². The molecular formula is C66H48N2O2S. The maximum Gasteiger partial charge on any atom is 0.135 e. The van der Waals surface area contributed by atoms with E-state index in [1.54, 1.807) is 0 Å². The van der Waals surface area contributed by atoms with E-state index < -0.39 is 0 Å². The second-order valence-corrected chi connectivity index (χ2v) is 20.8. The van der Waals surface area contributed by atoms with Gasteiger partial charge in [-0.3, -0.25) is 0 Å². The molecule has 0 fully saturated rings. The van der Waals surface area contributed by atoms with Crippen LogP contribution in [0.1, 0.15) is 50.7 Å². The highest BCUT2D eigenvalue weighted by atomic mass is 32.1. The number of rotatable bonds is 8. The number of nitrogens with zero attached hydrogens (tertiary/aromatic N) is 2. The first-order valence-corrected chi connectivity index (χ1v) is 25.5. The molecule has 0 aliphatic carbocycles. The Kier molecular flexibility index (Phi) is 9.42. The van der Waals surface area contributed by atoms with Crippen LogP contribution < -0.4 is 9.80 Å². The maximum atomic E-state index is 6.30. The highest BCUT2D eigenvalue weighted by Crippen LogP contribution is 2.47. The summed E-state index contributed by atoms with van der Waals surface area (Å²) in [7, 11) is 0. The lowest BCUT2D eigenvalue weighted by Gasteiger charge is -2.27. The fraction of sp³-hybridized carbons (Fsp3) is 0.0909. The van der Waals surface area contributed by atoms with Crippen LogP contribution in [-0.4, -0.2) is 0 Å². The van der Waals surface area contributed by atoms with E-state index in [0.29, 0.717) is 11.8 Å². The number of hydrogen-bond donors (Lipinski definition) is 0. The average molecular weight is 933 g/mol. The molecule has 0 amide bonds. The van der Waals surface area contributed by atoms with Gasteiger partial charge in [-0.25, -0.2) is 0 Å². The van der Waals surface area contributed by atoms with Gasteiger partial charge in [0.1, 0.15) is 22.3 Å². The third-order valence-electron chi connectivity index (χ3n) is 14.8. The Balaban J connectivity index is 0.940. The fourth-order valence-electron chi connectivity index (χ4n) is 11.1. The smallest absolute Gasteiger partial charge is 0.135 e. The molecule has 0 saturated heterocycles. The van der Waals surface area contributed by atoms with Crippen molar-refractivity contribution in [3.05, 3.63) is 217 Å². The molecule has 340 valence electrons. The van der Waals surface area contributed by atoms with Crippen LogP contribution in [0.5, 0.6) is 0 Å². The number of fused-ring (bicyclic) bond motifs is 15. The molecule has 14 aromatic rings. The number of anilines is 6. The quantitative estimate of drug-likeness (QED) is 0.142. The highest BCUT2D eigenvalue weighted by Gasteiger charge is 2.21. The molecule has 0 unspecified atom stereocenters. The molecule has 5 heteroatoms. The molecule has 14 rings (SSSR count). The van der Waals surface area contributed by atoms with Crippen LogP contribution in [0.15, 0.2) is 215 Å². The van der Waals surface area contributed by atoms with Crippen molar-refractivity contribution in [2.45, 2.75) is 39.5 Å². The van der Waals surface area contributed by atoms with E-state index in [1.165, 1.54) is 63.6 Å². The first-order chi connectivity index (χ1) is 34.8. The molecule has 0 N–H and O–H groups in total. The van der Waals surface area contributed by atoms with Gasteiger partial charge in [-0.05, 0) is 171 Å². The number of benzene rings is 11. The van der Waals surface area contributed by atoms with E-state index in [0.717, 1.165) is 78.0 Å². The molecule has 0 aliphatic heterocycles. The Morgan fingerprint density at radius 1 is 0.282 bits per heavy atom. The van der Waals surface area contributed by atoms with Crippen LogP contribution in [0.2, 0.25) is 0 Å². The minimum Gasteiger partial charge on any atom is -0.456 e. The number of para-hydroxylation sites is 2. The summed E-state index contributed by atoms with van der Waals surface area (Å²) >= 11 is 1.87. The zero-order valence-electron chi connectivity index (χ0n) is 39.9. The van der Waals surface area contributed by atoms with Gasteiger partial charge in [0.05, 0.1) is 0 Å². The van der Waals surface area contributed by atoms with Crippen LogP contribution >= 0.6 is 11.3 Å². The van der Waals surface area contributed by atoms with Gasteiger partial charge >= 0.3 is 0 Å². The predicted molar refractivity (Wildman–Crippen MR) is 304 cm³/mol. The molecule has 4 nitrogen and oxygen atoms in total. The van der Waals surface area contributed by atoms with Gasteiger partial charge in [0.2, 0.25) is 0 Å². The standard InChI is InChI=1S/C66H48N2O2S/c1-39(2)41-17-21-43(22-18-41)67(46-26-30-63-57(34-46)52-13-7-9-15-61(52)69-63)45-25-29-51-54(33-45)49-11-5-6-12-50(49)55-37-60-59-36-48(28-32-65(59)71-66(60)38-56(51)55)68(44-23-19-42(20-24-44)40(3)4)47-27-31-64-58(35-47)53-14-8-10-16-62(53)70-64/h5-40H,1-4H3. The number of thiophene rings is 1. The van der Waals surface area contributed by atoms with Crippen LogP contribution in [0.3, 0.4) is 0 Å². The molecule has 0 saturated carbocycles. The molecule has 71 heavy (non-hydrogen) atoms.